The Morgan fingerprint density at radius 3 is 2.44 bits per heavy atom. The Labute approximate surface area is 111 Å². The van der Waals surface area contributed by atoms with Crippen molar-refractivity contribution in [2.75, 3.05) is 40.3 Å². The molecule has 0 saturated heterocycles. The second-order valence-electron chi connectivity index (χ2n) is 5.50. The van der Waals surface area contributed by atoms with Crippen LogP contribution in [-0.2, 0) is 0 Å². The van der Waals surface area contributed by atoms with E-state index >= 15 is 0 Å². The van der Waals surface area contributed by atoms with Crippen molar-refractivity contribution in [2.45, 2.75) is 19.9 Å². The molecule has 1 unspecified atom stereocenters. The van der Waals surface area contributed by atoms with E-state index in [0.29, 0.717) is 12.5 Å². The van der Waals surface area contributed by atoms with Gasteiger partial charge in [0.15, 0.2) is 0 Å². The lowest BCUT2D eigenvalue weighted by molar-refractivity contribution is 0.163. The highest BCUT2D eigenvalue weighted by Crippen LogP contribution is 2.21. The van der Waals surface area contributed by atoms with E-state index in [4.69, 9.17) is 10.2 Å². The van der Waals surface area contributed by atoms with Crippen LogP contribution in [0.4, 0.5) is 0 Å². The minimum atomic E-state index is 0.256. The lowest BCUT2D eigenvalue weighted by atomic mass is 10.1. The van der Waals surface area contributed by atoms with Gasteiger partial charge in [-0.15, -0.1) is 0 Å². The number of nitrogens with zero attached hydrogens (tertiary/aromatic N) is 2. The molecule has 104 valence electrons. The summed E-state index contributed by atoms with van der Waals surface area (Å²) >= 11 is 0. The fourth-order valence-corrected chi connectivity index (χ4v) is 2.13. The molecule has 2 N–H and O–H groups in total. The van der Waals surface area contributed by atoms with Gasteiger partial charge in [0.2, 0.25) is 0 Å². The highest BCUT2D eigenvalue weighted by Gasteiger charge is 2.20. The van der Waals surface area contributed by atoms with E-state index in [2.05, 4.69) is 37.7 Å². The highest BCUT2D eigenvalue weighted by atomic mass is 16.3. The molecule has 1 aromatic heterocycles. The number of rotatable bonds is 8. The van der Waals surface area contributed by atoms with Gasteiger partial charge in [0.1, 0.15) is 0 Å². The van der Waals surface area contributed by atoms with Gasteiger partial charge in [-0.2, -0.15) is 0 Å². The second-order valence-corrected chi connectivity index (χ2v) is 5.50. The lowest BCUT2D eigenvalue weighted by Crippen LogP contribution is -2.40. The molecule has 1 heterocycles. The number of furan rings is 1. The number of hydrogen-bond acceptors (Lipinski definition) is 4. The van der Waals surface area contributed by atoms with Gasteiger partial charge < -0.3 is 15.1 Å². The van der Waals surface area contributed by atoms with Crippen molar-refractivity contribution in [2.24, 2.45) is 11.7 Å². The Morgan fingerprint density at radius 1 is 1.28 bits per heavy atom. The average molecular weight is 253 g/mol. The smallest absolute Gasteiger partial charge is 0.0950 e. The number of hydrogen-bond donors (Lipinski definition) is 1. The van der Waals surface area contributed by atoms with Crippen LogP contribution in [0.15, 0.2) is 23.0 Å². The van der Waals surface area contributed by atoms with Crippen molar-refractivity contribution in [3.05, 3.63) is 24.2 Å². The van der Waals surface area contributed by atoms with E-state index in [1.165, 1.54) is 5.56 Å². The lowest BCUT2D eigenvalue weighted by Gasteiger charge is -2.32. The first kappa shape index (κ1) is 15.2. The van der Waals surface area contributed by atoms with E-state index in [9.17, 15) is 0 Å². The molecule has 0 saturated carbocycles. The highest BCUT2D eigenvalue weighted by molar-refractivity contribution is 5.12. The van der Waals surface area contributed by atoms with Gasteiger partial charge in [-0.3, -0.25) is 4.90 Å². The molecule has 0 aliphatic heterocycles. The minimum absolute atomic E-state index is 0.256. The van der Waals surface area contributed by atoms with Crippen LogP contribution in [0.2, 0.25) is 0 Å². The standard InChI is InChI=1S/C14H27N3O/c1-12(2)10-17(7-6-16(3)4)14(9-15)13-5-8-18-11-13/h5,8,11-12,14H,6-7,9-10,15H2,1-4H3. The van der Waals surface area contributed by atoms with Crippen LogP contribution in [0.1, 0.15) is 25.5 Å². The molecule has 1 atom stereocenters. The Bertz CT molecular complexity index is 309. The molecule has 0 amide bonds. The van der Waals surface area contributed by atoms with Gasteiger partial charge >= 0.3 is 0 Å². The van der Waals surface area contributed by atoms with Crippen molar-refractivity contribution >= 4 is 0 Å². The molecular formula is C14H27N3O. The van der Waals surface area contributed by atoms with Gasteiger partial charge in [-0.1, -0.05) is 13.8 Å². The molecule has 0 aromatic carbocycles. The minimum Gasteiger partial charge on any atom is -0.472 e. The topological polar surface area (TPSA) is 45.6 Å². The van der Waals surface area contributed by atoms with Gasteiger partial charge in [0, 0.05) is 31.7 Å². The van der Waals surface area contributed by atoms with Crippen LogP contribution in [0.3, 0.4) is 0 Å². The predicted octanol–water partition coefficient (Wildman–Crippen LogP) is 1.80. The maximum atomic E-state index is 5.95. The number of likely N-dealkylation sites (N-methyl/N-ethyl adjacent to an activating group) is 1. The second kappa shape index (κ2) is 7.56. The Morgan fingerprint density at radius 2 is 2.00 bits per heavy atom. The van der Waals surface area contributed by atoms with Crippen LogP contribution >= 0.6 is 0 Å². The first-order chi connectivity index (χ1) is 8.54. The molecule has 0 aliphatic rings. The molecule has 4 heteroatoms. The Hall–Kier alpha value is -0.840. The van der Waals surface area contributed by atoms with E-state index in [1.54, 1.807) is 12.5 Å². The summed E-state index contributed by atoms with van der Waals surface area (Å²) in [6, 6.07) is 2.27. The molecule has 18 heavy (non-hydrogen) atoms. The van der Waals surface area contributed by atoms with E-state index in [0.717, 1.165) is 19.6 Å². The molecule has 0 fully saturated rings. The summed E-state index contributed by atoms with van der Waals surface area (Å²) in [6.07, 6.45) is 3.53. The van der Waals surface area contributed by atoms with Crippen molar-refractivity contribution in [3.63, 3.8) is 0 Å². The predicted molar refractivity (Wildman–Crippen MR) is 75.5 cm³/mol. The summed E-state index contributed by atoms with van der Waals surface area (Å²) in [7, 11) is 4.20. The van der Waals surface area contributed by atoms with Crippen molar-refractivity contribution in [1.29, 1.82) is 0 Å². The van der Waals surface area contributed by atoms with Crippen LogP contribution in [0.5, 0.6) is 0 Å². The number of nitrogens with two attached hydrogens (primary N) is 1. The Balaban J connectivity index is 2.72. The summed E-state index contributed by atoms with van der Waals surface area (Å²) < 4.78 is 5.19. The quantitative estimate of drug-likeness (QED) is 0.767. The van der Waals surface area contributed by atoms with Crippen LogP contribution < -0.4 is 5.73 Å². The van der Waals surface area contributed by atoms with Crippen molar-refractivity contribution < 1.29 is 4.42 Å². The first-order valence-electron chi connectivity index (χ1n) is 6.65. The van der Waals surface area contributed by atoms with Crippen molar-refractivity contribution in [3.8, 4) is 0 Å². The van der Waals surface area contributed by atoms with E-state index < -0.39 is 0 Å². The van der Waals surface area contributed by atoms with Crippen LogP contribution in [0.25, 0.3) is 0 Å². The van der Waals surface area contributed by atoms with Gasteiger partial charge in [-0.05, 0) is 26.1 Å². The summed E-state index contributed by atoms with van der Waals surface area (Å²) in [5.41, 5.74) is 7.13. The van der Waals surface area contributed by atoms with Crippen LogP contribution in [-0.4, -0.2) is 50.1 Å². The molecule has 0 radical (unpaired) electrons. The fourth-order valence-electron chi connectivity index (χ4n) is 2.13. The summed E-state index contributed by atoms with van der Waals surface area (Å²) in [4.78, 5) is 4.66. The SMILES string of the molecule is CC(C)CN(CCN(C)C)C(CN)c1ccoc1. The van der Waals surface area contributed by atoms with Gasteiger partial charge in [-0.25, -0.2) is 0 Å². The summed E-state index contributed by atoms with van der Waals surface area (Å²) in [5, 5.41) is 0. The largest absolute Gasteiger partial charge is 0.472 e. The molecule has 4 nitrogen and oxygen atoms in total. The normalized spacial score (nSPS) is 13.8. The van der Waals surface area contributed by atoms with Gasteiger partial charge in [0.05, 0.1) is 18.6 Å². The van der Waals surface area contributed by atoms with E-state index in [-0.39, 0.29) is 6.04 Å². The molecule has 1 rings (SSSR count). The zero-order valence-electron chi connectivity index (χ0n) is 12.1. The zero-order chi connectivity index (χ0) is 13.5. The summed E-state index contributed by atoms with van der Waals surface area (Å²) in [5.74, 6) is 0.633. The molecular weight excluding hydrogens is 226 g/mol. The van der Waals surface area contributed by atoms with E-state index in [1.807, 2.05) is 6.07 Å². The van der Waals surface area contributed by atoms with Gasteiger partial charge in [0.25, 0.3) is 0 Å². The molecule has 1 aromatic rings. The molecule has 0 aliphatic carbocycles. The van der Waals surface area contributed by atoms with Crippen molar-refractivity contribution in [1.82, 2.24) is 9.80 Å². The third-order valence-corrected chi connectivity index (χ3v) is 3.03. The zero-order valence-corrected chi connectivity index (χ0v) is 12.1. The monoisotopic (exact) mass is 253 g/mol. The maximum absolute atomic E-state index is 5.95. The maximum Gasteiger partial charge on any atom is 0.0950 e. The van der Waals surface area contributed by atoms with Crippen LogP contribution in [0, 0.1) is 5.92 Å². The third-order valence-electron chi connectivity index (χ3n) is 3.03. The average Bonchev–Trinajstić information content (AvgIpc) is 2.79. The summed E-state index contributed by atoms with van der Waals surface area (Å²) in [6.45, 7) is 8.23. The molecule has 0 bridgehead atoms. The fraction of sp³-hybridized carbons (Fsp3) is 0.714. The third kappa shape index (κ3) is 4.80. The Kier molecular flexibility index (Phi) is 6.39. The first-order valence-corrected chi connectivity index (χ1v) is 6.65. The molecule has 0 spiro atoms.